The zero-order valence-electron chi connectivity index (χ0n) is 19.3. The molecule has 1 aliphatic rings. The third-order valence-electron chi connectivity index (χ3n) is 5.03. The van der Waals surface area contributed by atoms with Crippen molar-refractivity contribution >= 4 is 40.7 Å². The van der Waals surface area contributed by atoms with E-state index in [2.05, 4.69) is 23.1 Å². The number of aryl methyl sites for hydroxylation is 1. The lowest BCUT2D eigenvalue weighted by molar-refractivity contribution is -0.0505. The van der Waals surface area contributed by atoms with Gasteiger partial charge in [0.1, 0.15) is 35.3 Å². The lowest BCUT2D eigenvalue weighted by Gasteiger charge is -2.19. The number of phosphoric ester groups is 1. The number of aliphatic hydroxyl groups excluding tert-OH is 2. The van der Waals surface area contributed by atoms with Gasteiger partial charge in [-0.3, -0.25) is 14.5 Å². The molecule has 1 fully saturated rings. The Labute approximate surface area is 208 Å². The first kappa shape index (κ1) is 29.9. The Bertz CT molecular complexity index is 1370. The molecule has 2 aromatic heterocycles. The van der Waals surface area contributed by atoms with Crippen LogP contribution in [-0.2, 0) is 38.6 Å². The second kappa shape index (κ2) is 11.2. The number of unbranched alkanes of at least 4 members (excludes halogenated alkanes) is 1. The molecule has 208 valence electrons. The second-order valence-electron chi connectivity index (χ2n) is 7.83. The fourth-order valence-electron chi connectivity index (χ4n) is 3.46. The fourth-order valence-corrected chi connectivity index (χ4v) is 6.49. The molecular formula is C16H26N5O13P3. The van der Waals surface area contributed by atoms with Gasteiger partial charge >= 0.3 is 23.5 Å². The molecule has 0 aromatic carbocycles. The van der Waals surface area contributed by atoms with Crippen LogP contribution in [0.25, 0.3) is 17.2 Å². The van der Waals surface area contributed by atoms with Crippen LogP contribution in [0.15, 0.2) is 12.4 Å². The van der Waals surface area contributed by atoms with Crippen molar-refractivity contribution in [3.05, 3.63) is 23.7 Å². The largest absolute Gasteiger partial charge is 0.490 e. The molecule has 0 saturated carbocycles. The maximum atomic E-state index is 12.0. The average molecular weight is 589 g/mol. The van der Waals surface area contributed by atoms with Crippen LogP contribution in [0.4, 0.5) is 0 Å². The molecule has 2 aromatic rings. The number of fused-ring (bicyclic) bond motifs is 1. The molecule has 3 heterocycles. The van der Waals surface area contributed by atoms with Crippen LogP contribution < -0.4 is 5.49 Å². The molecule has 18 nitrogen and oxygen atoms in total. The van der Waals surface area contributed by atoms with Crippen LogP contribution in [0.2, 0.25) is 0 Å². The van der Waals surface area contributed by atoms with Crippen LogP contribution >= 0.6 is 23.5 Å². The number of phosphoric acid groups is 3. The minimum Gasteiger partial charge on any atom is -0.387 e. The van der Waals surface area contributed by atoms with Crippen molar-refractivity contribution < 1.29 is 61.4 Å². The summed E-state index contributed by atoms with van der Waals surface area (Å²) in [5, 5.41) is 29.2. The highest BCUT2D eigenvalue weighted by atomic mass is 31.3. The number of nitrogens with one attached hydrogen (secondary N) is 1. The van der Waals surface area contributed by atoms with Crippen molar-refractivity contribution in [2.45, 2.75) is 44.3 Å². The van der Waals surface area contributed by atoms with E-state index in [-0.39, 0.29) is 11.0 Å². The summed E-state index contributed by atoms with van der Waals surface area (Å²) in [5.41, 5.74) is 0.318. The van der Waals surface area contributed by atoms with Gasteiger partial charge < -0.3 is 39.1 Å². The van der Waals surface area contributed by atoms with E-state index < -0.39 is 54.6 Å². The van der Waals surface area contributed by atoms with Crippen molar-refractivity contribution in [3.63, 3.8) is 0 Å². The second-order valence-corrected chi connectivity index (χ2v) is 12.2. The monoisotopic (exact) mass is 589 g/mol. The maximum Gasteiger partial charge on any atom is 0.490 e. The van der Waals surface area contributed by atoms with E-state index in [0.717, 1.165) is 12.8 Å². The number of allylic oxidation sites excluding steroid dienone is 1. The van der Waals surface area contributed by atoms with Gasteiger partial charge in [0.2, 0.25) is 0 Å². The maximum absolute atomic E-state index is 12.0. The van der Waals surface area contributed by atoms with Crippen molar-refractivity contribution in [1.82, 2.24) is 19.1 Å². The highest BCUT2D eigenvalue weighted by Crippen LogP contribution is 2.66. The molecule has 37 heavy (non-hydrogen) atoms. The van der Waals surface area contributed by atoms with E-state index in [1.165, 1.54) is 10.9 Å². The minimum atomic E-state index is -5.73. The molecule has 1 saturated heterocycles. The van der Waals surface area contributed by atoms with Gasteiger partial charge in [0.05, 0.1) is 12.9 Å². The number of imidazole rings is 1. The van der Waals surface area contributed by atoms with Gasteiger partial charge in [-0.15, -0.1) is 0 Å². The van der Waals surface area contributed by atoms with Crippen LogP contribution in [0.3, 0.4) is 0 Å². The summed E-state index contributed by atoms with van der Waals surface area (Å²) >= 11 is 0. The number of hydrogen-bond donors (Lipinski definition) is 7. The van der Waals surface area contributed by atoms with Crippen molar-refractivity contribution in [2.75, 3.05) is 6.61 Å². The molecule has 0 aliphatic carbocycles. The van der Waals surface area contributed by atoms with Gasteiger partial charge in [0.15, 0.2) is 11.7 Å². The van der Waals surface area contributed by atoms with Crippen LogP contribution in [0.5, 0.6) is 0 Å². The highest BCUT2D eigenvalue weighted by Gasteiger charge is 2.47. The zero-order chi connectivity index (χ0) is 27.8. The highest BCUT2D eigenvalue weighted by molar-refractivity contribution is 7.66. The first-order chi connectivity index (χ1) is 17.1. The number of nitrogens with zero attached hydrogens (tertiary/aromatic N) is 4. The molecular weight excluding hydrogens is 563 g/mol. The summed E-state index contributed by atoms with van der Waals surface area (Å²) < 4.78 is 54.4. The predicted molar refractivity (Wildman–Crippen MR) is 122 cm³/mol. The Kier molecular flexibility index (Phi) is 9.09. The molecule has 0 bridgehead atoms. The van der Waals surface area contributed by atoms with Crippen molar-refractivity contribution in [3.8, 4) is 0 Å². The van der Waals surface area contributed by atoms with Gasteiger partial charge in [-0.2, -0.15) is 8.62 Å². The lowest BCUT2D eigenvalue weighted by Crippen LogP contribution is -2.33. The fraction of sp³-hybridized carbons (Fsp3) is 0.562. The average Bonchev–Trinajstić information content (AvgIpc) is 3.30. The topological polar surface area (TPSA) is 269 Å². The minimum absolute atomic E-state index is 0.153. The molecule has 21 heteroatoms. The summed E-state index contributed by atoms with van der Waals surface area (Å²) in [7, 11) is -15.1. The van der Waals surface area contributed by atoms with E-state index in [1.807, 2.05) is 13.0 Å². The summed E-state index contributed by atoms with van der Waals surface area (Å²) in [5.74, 6) is 0.407. The summed E-state index contributed by atoms with van der Waals surface area (Å²) in [4.78, 5) is 44.3. The van der Waals surface area contributed by atoms with Crippen molar-refractivity contribution in [1.29, 1.82) is 5.41 Å². The first-order valence-electron chi connectivity index (χ1n) is 10.5. The van der Waals surface area contributed by atoms with Gasteiger partial charge in [0, 0.05) is 7.05 Å². The number of rotatable bonds is 11. The first-order valence-corrected chi connectivity index (χ1v) is 15.0. The van der Waals surface area contributed by atoms with E-state index in [4.69, 9.17) is 19.9 Å². The molecule has 2 unspecified atom stereocenters. The molecule has 3 rings (SSSR count). The Hall–Kier alpha value is -1.62. The normalized spacial score (nSPS) is 26.1. The number of hydrogen-bond acceptors (Lipinski definition) is 12. The Morgan fingerprint density at radius 3 is 2.43 bits per heavy atom. The van der Waals surface area contributed by atoms with E-state index in [0.29, 0.717) is 11.5 Å². The quantitative estimate of drug-likeness (QED) is 0.170. The Balaban J connectivity index is 1.81. The Morgan fingerprint density at radius 2 is 1.81 bits per heavy atom. The SMILES string of the molecule is CCCC=Cc1nc(=N)c2ncn([C@@H]3O[C@H](COP(=O)(O)OP(=O)(O)OP(=O)(O)O)[C@@H](O)[C@H]3O)c2n1C. The lowest BCUT2D eigenvalue weighted by atomic mass is 10.1. The predicted octanol–water partition coefficient (Wildman–Crippen LogP) is 0.0251. The number of ether oxygens (including phenoxy) is 1. The Morgan fingerprint density at radius 1 is 1.14 bits per heavy atom. The molecule has 7 N–H and O–H groups in total. The van der Waals surface area contributed by atoms with Crippen LogP contribution in [0, 0.1) is 5.41 Å². The number of aromatic nitrogens is 4. The van der Waals surface area contributed by atoms with E-state index >= 15 is 0 Å². The molecule has 0 radical (unpaired) electrons. The van der Waals surface area contributed by atoms with E-state index in [9.17, 15) is 33.7 Å². The van der Waals surface area contributed by atoms with Crippen molar-refractivity contribution in [2.24, 2.45) is 7.05 Å². The van der Waals surface area contributed by atoms with Gasteiger partial charge in [-0.1, -0.05) is 19.4 Å². The van der Waals surface area contributed by atoms with Gasteiger partial charge in [0.25, 0.3) is 0 Å². The molecule has 1 aliphatic heterocycles. The van der Waals surface area contributed by atoms with E-state index in [1.54, 1.807) is 17.7 Å². The van der Waals surface area contributed by atoms with Crippen LogP contribution in [0.1, 0.15) is 31.8 Å². The molecule has 0 spiro atoms. The molecule has 6 atom stereocenters. The third kappa shape index (κ3) is 7.28. The summed E-state index contributed by atoms with van der Waals surface area (Å²) in [6, 6.07) is 0. The standard InChI is InChI=1S/C16H26N5O13P3/c1-3-4-5-6-10-19-14(17)11-15(20(10)2)21(8-18-11)16-13(23)12(22)9(32-16)7-31-36(27,28)34-37(29,30)33-35(24,25)26/h5-6,8-9,12-13,16-17,22-23H,3-4,7H2,1-2H3,(H,27,28)(H,29,30)(H2,24,25,26)/t9-,12-,13-,16-/m1/s1. The van der Waals surface area contributed by atoms with Gasteiger partial charge in [-0.05, 0) is 12.5 Å². The summed E-state index contributed by atoms with van der Waals surface area (Å²) in [6.45, 7) is 1.03. The zero-order valence-corrected chi connectivity index (χ0v) is 22.0. The van der Waals surface area contributed by atoms with Crippen LogP contribution in [-0.4, -0.2) is 73.8 Å². The third-order valence-corrected chi connectivity index (χ3v) is 8.83. The smallest absolute Gasteiger partial charge is 0.387 e. The molecule has 0 amide bonds. The summed E-state index contributed by atoms with van der Waals surface area (Å²) in [6.07, 6.45) is 0.409. The van der Waals surface area contributed by atoms with Gasteiger partial charge in [-0.25, -0.2) is 23.7 Å². The number of aliphatic hydroxyl groups is 2.